The van der Waals surface area contributed by atoms with E-state index in [4.69, 9.17) is 12.8 Å². The molecule has 0 aliphatic carbocycles. The van der Waals surface area contributed by atoms with Gasteiger partial charge in [-0.3, -0.25) is 0 Å². The van der Waals surface area contributed by atoms with Crippen LogP contribution in [0.4, 0.5) is 0 Å². The van der Waals surface area contributed by atoms with Crippen LogP contribution in [0, 0.1) is 24.7 Å². The van der Waals surface area contributed by atoms with Crippen LogP contribution in [-0.4, -0.2) is 0 Å². The van der Waals surface area contributed by atoms with Crippen molar-refractivity contribution in [1.29, 1.82) is 0 Å². The Morgan fingerprint density at radius 1 is 0.414 bits per heavy atom. The number of rotatable bonds is 4. The molecule has 136 valence electrons. The molecule has 0 N–H and O–H groups in total. The molecule has 4 rings (SSSR count). The highest BCUT2D eigenvalue weighted by Gasteiger charge is 2.38. The number of hydrogen-bond donors (Lipinski definition) is 0. The van der Waals surface area contributed by atoms with Gasteiger partial charge in [-0.1, -0.05) is 96.8 Å². The largest absolute Gasteiger partial charge is 0.115 e. The minimum Gasteiger partial charge on any atom is -0.115 e. The maximum atomic E-state index is 5.61. The van der Waals surface area contributed by atoms with Crippen molar-refractivity contribution < 1.29 is 0 Å². The molecule has 0 heterocycles. The van der Waals surface area contributed by atoms with Crippen LogP contribution >= 0.6 is 0 Å². The normalized spacial score (nSPS) is 10.7. The second-order valence-corrected chi connectivity index (χ2v) is 6.93. The Hall–Kier alpha value is -4.00. The van der Waals surface area contributed by atoms with Crippen LogP contribution in [0.1, 0.15) is 33.4 Å². The van der Waals surface area contributed by atoms with Gasteiger partial charge in [-0.15, -0.1) is 12.8 Å². The van der Waals surface area contributed by atoms with Gasteiger partial charge in [0, 0.05) is 11.1 Å². The number of benzene rings is 4. The first-order valence-electron chi connectivity index (χ1n) is 9.54. The molecule has 0 atom stereocenters. The molecule has 0 aliphatic rings. The van der Waals surface area contributed by atoms with Crippen molar-refractivity contribution in [1.82, 2.24) is 0 Å². The fraction of sp³-hybridized carbons (Fsp3) is 0.0345. The molecular formula is C29H20. The van der Waals surface area contributed by atoms with E-state index in [0.29, 0.717) is 0 Å². The van der Waals surface area contributed by atoms with E-state index in [1.165, 1.54) is 11.1 Å². The van der Waals surface area contributed by atoms with Crippen LogP contribution in [0.5, 0.6) is 0 Å². The summed E-state index contributed by atoms with van der Waals surface area (Å²) in [6.07, 6.45) is 11.2. The second-order valence-electron chi connectivity index (χ2n) is 6.93. The number of hydrogen-bond acceptors (Lipinski definition) is 0. The zero-order valence-electron chi connectivity index (χ0n) is 16.0. The van der Waals surface area contributed by atoms with E-state index in [2.05, 4.69) is 84.6 Å². The maximum Gasteiger partial charge on any atom is 0.0701 e. The first-order valence-corrected chi connectivity index (χ1v) is 9.54. The van der Waals surface area contributed by atoms with Crippen molar-refractivity contribution in [3.63, 3.8) is 0 Å². The van der Waals surface area contributed by atoms with Crippen LogP contribution in [-0.2, 0) is 5.41 Å². The summed E-state index contributed by atoms with van der Waals surface area (Å²) in [4.78, 5) is 0. The summed E-state index contributed by atoms with van der Waals surface area (Å²) >= 11 is 0. The van der Waals surface area contributed by atoms with E-state index in [-0.39, 0.29) is 0 Å². The smallest absolute Gasteiger partial charge is 0.0701 e. The molecule has 0 amide bonds. The van der Waals surface area contributed by atoms with Gasteiger partial charge in [0.15, 0.2) is 0 Å². The molecule has 0 radical (unpaired) electrons. The predicted octanol–water partition coefficient (Wildman–Crippen LogP) is 6.03. The molecule has 0 aliphatic heterocycles. The summed E-state index contributed by atoms with van der Waals surface area (Å²) in [5.74, 6) is 5.44. The lowest BCUT2D eigenvalue weighted by Gasteiger charge is -2.37. The summed E-state index contributed by atoms with van der Waals surface area (Å²) in [7, 11) is 0. The highest BCUT2D eigenvalue weighted by atomic mass is 14.4. The Morgan fingerprint density at radius 2 is 0.724 bits per heavy atom. The van der Waals surface area contributed by atoms with Crippen LogP contribution in [0.15, 0.2) is 109 Å². The SMILES string of the molecule is C#Cc1ccc(C(c2ccccc2)(c2ccccc2)c2ccc(C#C)cc2)cc1. The van der Waals surface area contributed by atoms with Crippen molar-refractivity contribution >= 4 is 0 Å². The topological polar surface area (TPSA) is 0 Å². The zero-order valence-corrected chi connectivity index (χ0v) is 16.0. The van der Waals surface area contributed by atoms with E-state index < -0.39 is 5.41 Å². The Balaban J connectivity index is 2.10. The van der Waals surface area contributed by atoms with E-state index in [1.54, 1.807) is 0 Å². The average Bonchev–Trinajstić information content (AvgIpc) is 2.82. The van der Waals surface area contributed by atoms with Crippen LogP contribution < -0.4 is 0 Å². The Morgan fingerprint density at radius 3 is 1.03 bits per heavy atom. The first kappa shape index (κ1) is 18.4. The minimum absolute atomic E-state index is 0.483. The van der Waals surface area contributed by atoms with Crippen LogP contribution in [0.2, 0.25) is 0 Å². The van der Waals surface area contributed by atoms with E-state index in [1.807, 2.05) is 36.4 Å². The standard InChI is InChI=1S/C29H20/c1-3-23-15-19-27(20-16-23)29(25-11-7-5-8-12-25,26-13-9-6-10-14-26)28-21-17-24(4-2)18-22-28/h1-2,5-22H. The minimum atomic E-state index is -0.483. The molecule has 4 aromatic carbocycles. The van der Waals surface area contributed by atoms with Gasteiger partial charge in [-0.25, -0.2) is 0 Å². The van der Waals surface area contributed by atoms with Crippen molar-refractivity contribution in [2.24, 2.45) is 0 Å². The van der Waals surface area contributed by atoms with Crippen molar-refractivity contribution in [3.05, 3.63) is 143 Å². The molecule has 0 unspecified atom stereocenters. The third kappa shape index (κ3) is 3.23. The lowest BCUT2D eigenvalue weighted by molar-refractivity contribution is 0.745. The monoisotopic (exact) mass is 368 g/mol. The van der Waals surface area contributed by atoms with Crippen molar-refractivity contribution in [3.8, 4) is 24.7 Å². The first-order chi connectivity index (χ1) is 14.3. The summed E-state index contributed by atoms with van der Waals surface area (Å²) in [5, 5.41) is 0. The van der Waals surface area contributed by atoms with Gasteiger partial charge in [0.25, 0.3) is 0 Å². The van der Waals surface area contributed by atoms with Gasteiger partial charge >= 0.3 is 0 Å². The zero-order chi connectivity index (χ0) is 20.1. The highest BCUT2D eigenvalue weighted by molar-refractivity contribution is 5.60. The lowest BCUT2D eigenvalue weighted by Crippen LogP contribution is -2.31. The van der Waals surface area contributed by atoms with Crippen LogP contribution in [0.25, 0.3) is 0 Å². The molecule has 0 saturated carbocycles. The molecule has 0 saturated heterocycles. The van der Waals surface area contributed by atoms with E-state index in [0.717, 1.165) is 22.3 Å². The molecule has 0 fully saturated rings. The predicted molar refractivity (Wildman–Crippen MR) is 121 cm³/mol. The van der Waals surface area contributed by atoms with Crippen molar-refractivity contribution in [2.45, 2.75) is 5.41 Å². The summed E-state index contributed by atoms with van der Waals surface area (Å²) in [6.45, 7) is 0. The summed E-state index contributed by atoms with van der Waals surface area (Å²) in [5.41, 5.74) is 5.94. The third-order valence-corrected chi connectivity index (χ3v) is 5.38. The van der Waals surface area contributed by atoms with Crippen molar-refractivity contribution in [2.75, 3.05) is 0 Å². The van der Waals surface area contributed by atoms with Gasteiger partial charge < -0.3 is 0 Å². The van der Waals surface area contributed by atoms with Gasteiger partial charge in [0.05, 0.1) is 5.41 Å². The molecule has 0 nitrogen and oxygen atoms in total. The Bertz CT molecular complexity index is 1070. The molecule has 0 heteroatoms. The summed E-state index contributed by atoms with van der Waals surface area (Å²) < 4.78 is 0. The fourth-order valence-corrected chi connectivity index (χ4v) is 4.01. The molecule has 0 aromatic heterocycles. The fourth-order valence-electron chi connectivity index (χ4n) is 4.01. The van der Waals surface area contributed by atoms with E-state index in [9.17, 15) is 0 Å². The molecular weight excluding hydrogens is 348 g/mol. The molecule has 4 aromatic rings. The second kappa shape index (κ2) is 7.93. The Labute approximate surface area is 172 Å². The van der Waals surface area contributed by atoms with Crippen LogP contribution in [0.3, 0.4) is 0 Å². The van der Waals surface area contributed by atoms with Gasteiger partial charge in [0.2, 0.25) is 0 Å². The third-order valence-electron chi connectivity index (χ3n) is 5.38. The molecule has 29 heavy (non-hydrogen) atoms. The quantitative estimate of drug-likeness (QED) is 0.305. The van der Waals surface area contributed by atoms with Gasteiger partial charge in [-0.05, 0) is 46.5 Å². The molecule has 0 bridgehead atoms. The van der Waals surface area contributed by atoms with E-state index >= 15 is 0 Å². The van der Waals surface area contributed by atoms with Gasteiger partial charge in [0.1, 0.15) is 0 Å². The van der Waals surface area contributed by atoms with Gasteiger partial charge in [-0.2, -0.15) is 0 Å². The average molecular weight is 368 g/mol. The Kier molecular flexibility index (Phi) is 5.03. The lowest BCUT2D eigenvalue weighted by atomic mass is 9.65. The highest BCUT2D eigenvalue weighted by Crippen LogP contribution is 2.45. The summed E-state index contributed by atoms with van der Waals surface area (Å²) in [6, 6.07) is 37.7. The number of terminal acetylenes is 2. The maximum absolute atomic E-state index is 5.61. The molecule has 0 spiro atoms.